The molecular formula is C17H16N2O. The van der Waals surface area contributed by atoms with E-state index in [4.69, 9.17) is 0 Å². The zero-order valence-corrected chi connectivity index (χ0v) is 11.6. The first kappa shape index (κ1) is 12.6. The summed E-state index contributed by atoms with van der Waals surface area (Å²) in [4.78, 5) is 19.8. The fourth-order valence-electron chi connectivity index (χ4n) is 2.45. The van der Waals surface area contributed by atoms with E-state index in [0.29, 0.717) is 12.0 Å². The normalized spacial score (nSPS) is 10.9. The topological polar surface area (TPSA) is 45.8 Å². The average molecular weight is 264 g/mol. The summed E-state index contributed by atoms with van der Waals surface area (Å²) < 4.78 is 0. The van der Waals surface area contributed by atoms with Crippen LogP contribution in [0.2, 0.25) is 0 Å². The van der Waals surface area contributed by atoms with E-state index in [1.54, 1.807) is 12.4 Å². The van der Waals surface area contributed by atoms with Crippen LogP contribution in [0, 0.1) is 13.8 Å². The largest absolute Gasteiger partial charge is 0.345 e. The van der Waals surface area contributed by atoms with Crippen LogP contribution in [-0.2, 0) is 6.42 Å². The van der Waals surface area contributed by atoms with Crippen molar-refractivity contribution in [3.8, 4) is 0 Å². The summed E-state index contributed by atoms with van der Waals surface area (Å²) in [7, 11) is 0. The van der Waals surface area contributed by atoms with Crippen LogP contribution in [-0.4, -0.2) is 15.8 Å². The lowest BCUT2D eigenvalue weighted by Gasteiger charge is -2.06. The predicted octanol–water partition coefficient (Wildman–Crippen LogP) is 3.61. The van der Waals surface area contributed by atoms with Gasteiger partial charge in [-0.1, -0.05) is 23.8 Å². The number of rotatable bonds is 3. The van der Waals surface area contributed by atoms with E-state index in [-0.39, 0.29) is 5.78 Å². The number of aromatic nitrogens is 2. The lowest BCUT2D eigenvalue weighted by molar-refractivity contribution is 0.0994. The highest BCUT2D eigenvalue weighted by atomic mass is 16.1. The monoisotopic (exact) mass is 264 g/mol. The predicted molar refractivity (Wildman–Crippen MR) is 80.0 cm³/mol. The fourth-order valence-corrected chi connectivity index (χ4v) is 2.45. The lowest BCUT2D eigenvalue weighted by Crippen LogP contribution is -2.04. The van der Waals surface area contributed by atoms with Crippen molar-refractivity contribution in [1.29, 1.82) is 0 Å². The van der Waals surface area contributed by atoms with E-state index >= 15 is 0 Å². The van der Waals surface area contributed by atoms with Crippen LogP contribution >= 0.6 is 0 Å². The Labute approximate surface area is 117 Å². The van der Waals surface area contributed by atoms with Crippen molar-refractivity contribution in [2.75, 3.05) is 0 Å². The van der Waals surface area contributed by atoms with Gasteiger partial charge in [-0.2, -0.15) is 0 Å². The summed E-state index contributed by atoms with van der Waals surface area (Å²) in [6.07, 6.45) is 3.90. The average Bonchev–Trinajstić information content (AvgIpc) is 2.87. The molecule has 0 aliphatic rings. The van der Waals surface area contributed by atoms with Crippen molar-refractivity contribution in [2.24, 2.45) is 0 Å². The van der Waals surface area contributed by atoms with Gasteiger partial charge in [-0.15, -0.1) is 0 Å². The number of aromatic amines is 1. The molecule has 0 amide bonds. The molecule has 0 aliphatic carbocycles. The van der Waals surface area contributed by atoms with Gasteiger partial charge in [0.25, 0.3) is 0 Å². The highest BCUT2D eigenvalue weighted by Gasteiger charge is 2.14. The van der Waals surface area contributed by atoms with Gasteiger partial charge in [-0.25, -0.2) is 4.98 Å². The molecule has 3 nitrogen and oxygen atoms in total. The van der Waals surface area contributed by atoms with E-state index in [9.17, 15) is 4.79 Å². The van der Waals surface area contributed by atoms with Gasteiger partial charge in [0.1, 0.15) is 5.65 Å². The van der Waals surface area contributed by atoms with Crippen LogP contribution in [0.3, 0.4) is 0 Å². The van der Waals surface area contributed by atoms with Gasteiger partial charge in [-0.05, 0) is 37.1 Å². The first-order valence-corrected chi connectivity index (χ1v) is 6.66. The van der Waals surface area contributed by atoms with Crippen molar-refractivity contribution in [1.82, 2.24) is 9.97 Å². The zero-order chi connectivity index (χ0) is 14.1. The molecule has 0 saturated heterocycles. The van der Waals surface area contributed by atoms with Crippen LogP contribution in [0.1, 0.15) is 27.0 Å². The summed E-state index contributed by atoms with van der Waals surface area (Å²) >= 11 is 0. The molecule has 0 spiro atoms. The molecule has 1 N–H and O–H groups in total. The number of nitrogens with zero attached hydrogens (tertiary/aromatic N) is 1. The summed E-state index contributed by atoms with van der Waals surface area (Å²) in [6, 6.07) is 9.99. The van der Waals surface area contributed by atoms with E-state index < -0.39 is 0 Å². The van der Waals surface area contributed by atoms with Crippen LogP contribution in [0.15, 0.2) is 42.7 Å². The number of pyridine rings is 1. The molecule has 0 atom stereocenters. The van der Waals surface area contributed by atoms with Crippen molar-refractivity contribution in [2.45, 2.75) is 20.3 Å². The molecule has 0 saturated carbocycles. The Bertz CT molecular complexity index is 787. The third kappa shape index (κ3) is 2.23. The molecule has 0 bridgehead atoms. The van der Waals surface area contributed by atoms with Crippen molar-refractivity contribution < 1.29 is 4.79 Å². The van der Waals surface area contributed by atoms with Gasteiger partial charge in [-0.3, -0.25) is 4.79 Å². The number of Topliss-reactive ketones (excluding diaryl/α,β-unsaturated/α-hetero) is 1. The molecule has 0 fully saturated rings. The maximum atomic E-state index is 12.5. The number of H-pyrrole nitrogens is 1. The third-order valence-corrected chi connectivity index (χ3v) is 3.61. The second-order valence-corrected chi connectivity index (χ2v) is 5.13. The van der Waals surface area contributed by atoms with Crippen LogP contribution in [0.4, 0.5) is 0 Å². The molecule has 3 aromatic rings. The third-order valence-electron chi connectivity index (χ3n) is 3.61. The maximum absolute atomic E-state index is 12.5. The molecule has 3 rings (SSSR count). The molecule has 0 aliphatic heterocycles. The number of ketones is 1. The highest BCUT2D eigenvalue weighted by molar-refractivity contribution is 6.07. The fraction of sp³-hybridized carbons (Fsp3) is 0.176. The molecular weight excluding hydrogens is 248 g/mol. The number of hydrogen-bond acceptors (Lipinski definition) is 2. The van der Waals surface area contributed by atoms with Crippen molar-refractivity contribution >= 4 is 16.8 Å². The van der Waals surface area contributed by atoms with Crippen molar-refractivity contribution in [3.05, 3.63) is 65.0 Å². The molecule has 20 heavy (non-hydrogen) atoms. The standard InChI is InChI=1S/C17H16N2O/c1-11-5-6-12(2)13(8-11)9-16(20)15-10-19-17-14(15)4-3-7-18-17/h3-8,10H,9H2,1-2H3,(H,18,19). The molecule has 3 heteroatoms. The van der Waals surface area contributed by atoms with Crippen LogP contribution in [0.5, 0.6) is 0 Å². The Morgan fingerprint density at radius 2 is 2.10 bits per heavy atom. The Hall–Kier alpha value is -2.42. The molecule has 2 heterocycles. The second kappa shape index (κ2) is 4.93. The summed E-state index contributed by atoms with van der Waals surface area (Å²) in [5.74, 6) is 0.123. The Morgan fingerprint density at radius 3 is 2.95 bits per heavy atom. The minimum absolute atomic E-state index is 0.123. The number of aryl methyl sites for hydroxylation is 2. The van der Waals surface area contributed by atoms with E-state index in [1.807, 2.05) is 26.0 Å². The van der Waals surface area contributed by atoms with Crippen LogP contribution in [0.25, 0.3) is 11.0 Å². The van der Waals surface area contributed by atoms with Gasteiger partial charge < -0.3 is 4.98 Å². The van der Waals surface area contributed by atoms with Gasteiger partial charge >= 0.3 is 0 Å². The summed E-state index contributed by atoms with van der Waals surface area (Å²) in [6.45, 7) is 4.09. The molecule has 2 aromatic heterocycles. The van der Waals surface area contributed by atoms with Crippen LogP contribution < -0.4 is 0 Å². The number of benzene rings is 1. The van der Waals surface area contributed by atoms with E-state index in [1.165, 1.54) is 5.56 Å². The molecule has 0 unspecified atom stereocenters. The SMILES string of the molecule is Cc1ccc(C)c(CC(=O)c2c[nH]c3ncccc23)c1. The number of hydrogen-bond donors (Lipinski definition) is 1. The smallest absolute Gasteiger partial charge is 0.169 e. The van der Waals surface area contributed by atoms with Gasteiger partial charge in [0, 0.05) is 29.8 Å². The molecule has 0 radical (unpaired) electrons. The Balaban J connectivity index is 1.95. The molecule has 100 valence electrons. The summed E-state index contributed by atoms with van der Waals surface area (Å²) in [5, 5.41) is 0.891. The zero-order valence-electron chi connectivity index (χ0n) is 11.6. The first-order valence-electron chi connectivity index (χ1n) is 6.66. The quantitative estimate of drug-likeness (QED) is 0.734. The second-order valence-electron chi connectivity index (χ2n) is 5.13. The lowest BCUT2D eigenvalue weighted by atomic mass is 9.98. The minimum Gasteiger partial charge on any atom is -0.345 e. The minimum atomic E-state index is 0.123. The van der Waals surface area contributed by atoms with Gasteiger partial charge in [0.05, 0.1) is 0 Å². The number of carbonyl (C=O) groups excluding carboxylic acids is 1. The first-order chi connectivity index (χ1) is 9.65. The van der Waals surface area contributed by atoms with Gasteiger partial charge in [0.2, 0.25) is 0 Å². The Morgan fingerprint density at radius 1 is 1.25 bits per heavy atom. The summed E-state index contributed by atoms with van der Waals surface area (Å²) in [5.41, 5.74) is 4.90. The van der Waals surface area contributed by atoms with Gasteiger partial charge in [0.15, 0.2) is 5.78 Å². The maximum Gasteiger partial charge on any atom is 0.169 e. The Kier molecular flexibility index (Phi) is 3.11. The van der Waals surface area contributed by atoms with Crippen molar-refractivity contribution in [3.63, 3.8) is 0 Å². The number of nitrogens with one attached hydrogen (secondary N) is 1. The van der Waals surface area contributed by atoms with E-state index in [0.717, 1.165) is 22.2 Å². The highest BCUT2D eigenvalue weighted by Crippen LogP contribution is 2.19. The number of fused-ring (bicyclic) bond motifs is 1. The molecule has 1 aromatic carbocycles. The number of carbonyl (C=O) groups is 1. The van der Waals surface area contributed by atoms with E-state index in [2.05, 4.69) is 28.2 Å².